The van der Waals surface area contributed by atoms with Crippen molar-refractivity contribution in [2.24, 2.45) is 0 Å². The first-order valence-corrected chi connectivity index (χ1v) is 17.8. The fourth-order valence-corrected chi connectivity index (χ4v) is 7.99. The number of aryl methyl sites for hydroxylation is 2. The topological polar surface area (TPSA) is 131 Å². The lowest BCUT2D eigenvalue weighted by Crippen LogP contribution is -2.39. The van der Waals surface area contributed by atoms with Crippen LogP contribution in [-0.4, -0.2) is 120 Å². The molecule has 51 heavy (non-hydrogen) atoms. The average Bonchev–Trinajstić information content (AvgIpc) is 3.84. The van der Waals surface area contributed by atoms with E-state index >= 15 is 0 Å². The van der Waals surface area contributed by atoms with Gasteiger partial charge in [-0.05, 0) is 37.8 Å². The number of nitrogens with one attached hydrogen (secondary N) is 2. The molecule has 12 heteroatoms. The highest BCUT2D eigenvalue weighted by atomic mass is 16.5. The van der Waals surface area contributed by atoms with E-state index in [9.17, 15) is 19.2 Å². The van der Waals surface area contributed by atoms with Crippen LogP contribution in [0.3, 0.4) is 0 Å². The number of H-pyrrole nitrogens is 2. The largest absolute Gasteiger partial charge is 0.378 e. The van der Waals surface area contributed by atoms with Gasteiger partial charge in [0.1, 0.15) is 11.4 Å². The van der Waals surface area contributed by atoms with E-state index in [1.165, 1.54) is 9.80 Å². The third kappa shape index (κ3) is 5.62. The number of carbonyl (C=O) groups is 4. The molecule has 4 aliphatic rings. The van der Waals surface area contributed by atoms with Crippen LogP contribution in [0, 0.1) is 0 Å². The number of carbonyl (C=O) groups excluding carboxylic acids is 4. The predicted octanol–water partition coefficient (Wildman–Crippen LogP) is 3.69. The number of unbranched alkanes of at least 4 members (excludes halogenated alkanes) is 2. The maximum absolute atomic E-state index is 13.7. The Morgan fingerprint density at radius 2 is 0.941 bits per heavy atom. The lowest BCUT2D eigenvalue weighted by Gasteiger charge is -2.29. The van der Waals surface area contributed by atoms with Crippen LogP contribution in [0.15, 0.2) is 59.9 Å². The van der Waals surface area contributed by atoms with Crippen LogP contribution in [0.2, 0.25) is 0 Å². The number of ether oxygens (including phenoxy) is 2. The van der Waals surface area contributed by atoms with Gasteiger partial charge in [-0.2, -0.15) is 0 Å². The summed E-state index contributed by atoms with van der Waals surface area (Å²) in [6.45, 7) is 4.25. The SMILES string of the molecule is CN1C(=O)C(c2c(CCCCCc3[nH]c4ccccc4c3C3=C(N4CCOCC4)C(=O)N(C)C3=O)[nH]c3ccccc23)=C(N2CCOCC2)C1=O. The van der Waals surface area contributed by atoms with E-state index in [1.807, 2.05) is 58.3 Å². The third-order valence-corrected chi connectivity index (χ3v) is 10.6. The standard InChI is InChI=1S/C39H42N6O6/c1-42-36(46)32(34(38(42)48)44-16-20-50-21-17-44)30-24-10-6-8-12-26(24)40-28(30)14-4-3-5-15-29-31(25-11-7-9-13-27(25)41-29)33-35(39(49)43(2)37(33)47)45-18-22-51-23-19-45/h6-13,40-41H,3-5,14-23H2,1-2H3. The Morgan fingerprint density at radius 3 is 1.35 bits per heavy atom. The van der Waals surface area contributed by atoms with Gasteiger partial charge in [0.2, 0.25) is 0 Å². The number of hydrogen-bond donors (Lipinski definition) is 2. The van der Waals surface area contributed by atoms with Crippen molar-refractivity contribution in [1.82, 2.24) is 29.6 Å². The molecular formula is C39H42N6O6. The Kier molecular flexibility index (Phi) is 8.73. The Labute approximate surface area is 295 Å². The van der Waals surface area contributed by atoms with Crippen molar-refractivity contribution in [3.8, 4) is 0 Å². The lowest BCUT2D eigenvalue weighted by molar-refractivity contribution is -0.137. The number of rotatable bonds is 10. The second-order valence-corrected chi connectivity index (χ2v) is 13.6. The Balaban J connectivity index is 1.07. The fraction of sp³-hybridized carbons (Fsp3) is 0.385. The molecule has 2 aromatic carbocycles. The van der Waals surface area contributed by atoms with Gasteiger partial charge in [-0.25, -0.2) is 0 Å². The first kappa shape index (κ1) is 33.0. The third-order valence-electron chi connectivity index (χ3n) is 10.6. The van der Waals surface area contributed by atoms with Crippen molar-refractivity contribution in [1.29, 1.82) is 0 Å². The summed E-state index contributed by atoms with van der Waals surface area (Å²) in [6, 6.07) is 15.9. The molecule has 0 spiro atoms. The first-order chi connectivity index (χ1) is 24.8. The van der Waals surface area contributed by atoms with Crippen molar-refractivity contribution in [3.05, 3.63) is 82.4 Å². The molecule has 2 saturated heterocycles. The summed E-state index contributed by atoms with van der Waals surface area (Å²) in [5.41, 5.74) is 7.20. The van der Waals surface area contributed by atoms with Crippen molar-refractivity contribution in [3.63, 3.8) is 0 Å². The molecule has 264 valence electrons. The normalized spacial score (nSPS) is 19.0. The van der Waals surface area contributed by atoms with Crippen LogP contribution in [-0.2, 0) is 41.5 Å². The average molecular weight is 691 g/mol. The van der Waals surface area contributed by atoms with Gasteiger partial charge in [0.15, 0.2) is 0 Å². The maximum atomic E-state index is 13.7. The number of morpholine rings is 2. The molecule has 2 aromatic heterocycles. The van der Waals surface area contributed by atoms with Gasteiger partial charge in [-0.1, -0.05) is 42.8 Å². The smallest absolute Gasteiger partial charge is 0.277 e. The minimum Gasteiger partial charge on any atom is -0.378 e. The van der Waals surface area contributed by atoms with Crippen LogP contribution in [0.25, 0.3) is 33.0 Å². The Hall–Kier alpha value is -5.20. The van der Waals surface area contributed by atoms with E-state index < -0.39 is 0 Å². The van der Waals surface area contributed by atoms with Crippen LogP contribution in [0.1, 0.15) is 41.8 Å². The van der Waals surface area contributed by atoms with E-state index in [2.05, 4.69) is 9.97 Å². The molecular weight excluding hydrogens is 648 g/mol. The highest BCUT2D eigenvalue weighted by molar-refractivity contribution is 6.38. The van der Waals surface area contributed by atoms with Gasteiger partial charge in [-0.15, -0.1) is 0 Å². The summed E-state index contributed by atoms with van der Waals surface area (Å²) in [5, 5.41) is 1.86. The van der Waals surface area contributed by atoms with Crippen molar-refractivity contribution in [2.45, 2.75) is 32.1 Å². The van der Waals surface area contributed by atoms with Gasteiger partial charge in [0.05, 0.1) is 37.6 Å². The zero-order valence-electron chi connectivity index (χ0n) is 29.0. The van der Waals surface area contributed by atoms with Crippen LogP contribution in [0.5, 0.6) is 0 Å². The molecule has 0 atom stereocenters. The number of imide groups is 2. The van der Waals surface area contributed by atoms with Crippen molar-refractivity contribution >= 4 is 56.6 Å². The van der Waals surface area contributed by atoms with E-state index in [0.29, 0.717) is 88.0 Å². The maximum Gasteiger partial charge on any atom is 0.277 e. The number of hydrogen-bond acceptors (Lipinski definition) is 8. The van der Waals surface area contributed by atoms with Crippen molar-refractivity contribution in [2.75, 3.05) is 66.7 Å². The fourth-order valence-electron chi connectivity index (χ4n) is 7.99. The van der Waals surface area contributed by atoms with E-state index in [0.717, 1.165) is 63.6 Å². The summed E-state index contributed by atoms with van der Waals surface area (Å²) < 4.78 is 11.1. The molecule has 0 bridgehead atoms. The molecule has 0 saturated carbocycles. The monoisotopic (exact) mass is 690 g/mol. The Morgan fingerprint density at radius 1 is 0.549 bits per heavy atom. The molecule has 4 aromatic rings. The van der Waals surface area contributed by atoms with Gasteiger partial charge in [0.25, 0.3) is 23.6 Å². The zero-order chi connectivity index (χ0) is 35.2. The summed E-state index contributed by atoms with van der Waals surface area (Å²) in [6.07, 6.45) is 3.95. The molecule has 12 nitrogen and oxygen atoms in total. The number of fused-ring (bicyclic) bond motifs is 2. The number of benzene rings is 2. The van der Waals surface area contributed by atoms with Crippen LogP contribution in [0.4, 0.5) is 0 Å². The minimum atomic E-state index is -0.282. The van der Waals surface area contributed by atoms with Crippen molar-refractivity contribution < 1.29 is 28.7 Å². The van der Waals surface area contributed by atoms with E-state index in [4.69, 9.17) is 9.47 Å². The second kappa shape index (κ2) is 13.5. The first-order valence-electron chi connectivity index (χ1n) is 17.8. The molecule has 6 heterocycles. The number of amides is 4. The van der Waals surface area contributed by atoms with E-state index in [-0.39, 0.29) is 23.6 Å². The number of nitrogens with zero attached hydrogens (tertiary/aromatic N) is 4. The van der Waals surface area contributed by atoms with Gasteiger partial charge in [-0.3, -0.25) is 29.0 Å². The number of para-hydroxylation sites is 2. The quantitative estimate of drug-likeness (QED) is 0.191. The summed E-state index contributed by atoms with van der Waals surface area (Å²) >= 11 is 0. The van der Waals surface area contributed by atoms with Gasteiger partial charge >= 0.3 is 0 Å². The summed E-state index contributed by atoms with van der Waals surface area (Å²) in [5.74, 6) is -1.11. The molecule has 8 rings (SSSR count). The zero-order valence-corrected chi connectivity index (χ0v) is 29.0. The number of likely N-dealkylation sites (N-methyl/N-ethyl adjacent to an activating group) is 2. The lowest BCUT2D eigenvalue weighted by atomic mass is 9.96. The van der Waals surface area contributed by atoms with Gasteiger partial charge < -0.3 is 29.2 Å². The minimum absolute atomic E-state index is 0.275. The predicted molar refractivity (Wildman–Crippen MR) is 192 cm³/mol. The molecule has 0 aliphatic carbocycles. The Bertz CT molecular complexity index is 1980. The molecule has 4 amide bonds. The molecule has 0 unspecified atom stereocenters. The molecule has 2 fully saturated rings. The van der Waals surface area contributed by atoms with Crippen LogP contribution >= 0.6 is 0 Å². The summed E-state index contributed by atoms with van der Waals surface area (Å²) in [7, 11) is 3.11. The highest BCUT2D eigenvalue weighted by Crippen LogP contribution is 2.40. The number of aromatic nitrogens is 2. The highest BCUT2D eigenvalue weighted by Gasteiger charge is 2.43. The second-order valence-electron chi connectivity index (χ2n) is 13.6. The van der Waals surface area contributed by atoms with Gasteiger partial charge in [0, 0.05) is 84.6 Å². The summed E-state index contributed by atoms with van der Waals surface area (Å²) in [4.78, 5) is 67.9. The molecule has 0 radical (unpaired) electrons. The van der Waals surface area contributed by atoms with Crippen LogP contribution < -0.4 is 0 Å². The molecule has 4 aliphatic heterocycles. The van der Waals surface area contributed by atoms with E-state index in [1.54, 1.807) is 14.1 Å². The molecule has 2 N–H and O–H groups in total. The number of aromatic amines is 2.